The lowest BCUT2D eigenvalue weighted by Gasteiger charge is -2.49. The quantitative estimate of drug-likeness (QED) is 0.418. The highest BCUT2D eigenvalue weighted by Gasteiger charge is 2.69. The molecule has 0 aliphatic carbocycles. The molecule has 4 aromatic rings. The van der Waals surface area contributed by atoms with Crippen LogP contribution >= 0.6 is 27.3 Å². The number of carbonyl (C=O) groups excluding carboxylic acids is 1. The van der Waals surface area contributed by atoms with E-state index in [0.29, 0.717) is 9.33 Å². The highest BCUT2D eigenvalue weighted by molar-refractivity contribution is 9.10. The Morgan fingerprint density at radius 2 is 1.47 bits per heavy atom. The molecule has 2 atom stereocenters. The first-order valence-corrected chi connectivity index (χ1v) is 13.0. The van der Waals surface area contributed by atoms with Gasteiger partial charge in [0.2, 0.25) is 16.1 Å². The van der Waals surface area contributed by atoms with Gasteiger partial charge in [-0.1, -0.05) is 100 Å². The summed E-state index contributed by atoms with van der Waals surface area (Å²) in [5.74, 6) is 0. The van der Waals surface area contributed by atoms with Crippen LogP contribution in [0.15, 0.2) is 99.2 Å². The number of likely N-dealkylation sites (N-methyl/N-ethyl adjacent to an activating group) is 2. The lowest BCUT2D eigenvalue weighted by molar-refractivity contribution is 0.0648. The Hall–Kier alpha value is -3.69. The number of carbonyl (C=O) groups is 1. The fourth-order valence-electron chi connectivity index (χ4n) is 5.23. The number of hydrogen-bond donors (Lipinski definition) is 1. The highest BCUT2D eigenvalue weighted by atomic mass is 79.9. The molecular formula is C27H22BrN5O2S. The number of rotatable bonds is 3. The molecule has 0 spiro atoms. The number of benzene rings is 3. The second-order valence-electron chi connectivity index (χ2n) is 8.82. The van der Waals surface area contributed by atoms with Gasteiger partial charge in [-0.15, -0.1) is 0 Å². The molecule has 0 unspecified atom stereocenters. The Labute approximate surface area is 219 Å². The van der Waals surface area contributed by atoms with Gasteiger partial charge < -0.3 is 0 Å². The Morgan fingerprint density at radius 3 is 2.11 bits per heavy atom. The highest BCUT2D eigenvalue weighted by Crippen LogP contribution is 2.53. The number of hydrogen-bond acceptors (Lipinski definition) is 5. The van der Waals surface area contributed by atoms with Crippen molar-refractivity contribution >= 4 is 39.4 Å². The van der Waals surface area contributed by atoms with E-state index in [2.05, 4.69) is 21.4 Å². The molecule has 180 valence electrons. The third-order valence-corrected chi connectivity index (χ3v) is 8.44. The predicted octanol–water partition coefficient (Wildman–Crippen LogP) is 3.38. The average molecular weight is 560 g/mol. The molecule has 3 aromatic carbocycles. The maximum absolute atomic E-state index is 13.7. The fraction of sp³-hybridized carbons (Fsp3) is 0.148. The van der Waals surface area contributed by atoms with Crippen LogP contribution in [0.5, 0.6) is 0 Å². The number of aromatic nitrogens is 1. The zero-order valence-electron chi connectivity index (χ0n) is 19.6. The van der Waals surface area contributed by atoms with E-state index in [0.717, 1.165) is 21.2 Å². The predicted molar refractivity (Wildman–Crippen MR) is 144 cm³/mol. The van der Waals surface area contributed by atoms with E-state index in [1.807, 2.05) is 91.0 Å². The summed E-state index contributed by atoms with van der Waals surface area (Å²) in [5, 5.41) is 0. The van der Waals surface area contributed by atoms with Gasteiger partial charge in [-0.3, -0.25) is 20.0 Å². The van der Waals surface area contributed by atoms with E-state index in [4.69, 9.17) is 4.99 Å². The first-order chi connectivity index (χ1) is 17.4. The van der Waals surface area contributed by atoms with Crippen molar-refractivity contribution in [2.75, 3.05) is 19.5 Å². The summed E-state index contributed by atoms with van der Waals surface area (Å²) in [4.78, 5) is 36.3. The molecule has 1 N–H and O–H groups in total. The smallest absolute Gasteiger partial charge is 0.295 e. The van der Waals surface area contributed by atoms with Crippen LogP contribution in [0.3, 0.4) is 0 Å². The average Bonchev–Trinajstić information content (AvgIpc) is 3.29. The third-order valence-electron chi connectivity index (χ3n) is 6.94. The van der Waals surface area contributed by atoms with Gasteiger partial charge in [-0.05, 0) is 23.8 Å². The normalized spacial score (nSPS) is 23.2. The second kappa shape index (κ2) is 8.18. The van der Waals surface area contributed by atoms with E-state index < -0.39 is 11.3 Å². The minimum absolute atomic E-state index is 0.205. The van der Waals surface area contributed by atoms with E-state index in [-0.39, 0.29) is 11.6 Å². The van der Waals surface area contributed by atoms with Gasteiger partial charge in [-0.25, -0.2) is 9.79 Å². The topological polar surface area (TPSA) is 69.9 Å². The Morgan fingerprint density at radius 1 is 0.861 bits per heavy atom. The monoisotopic (exact) mass is 559 g/mol. The van der Waals surface area contributed by atoms with Crippen molar-refractivity contribution in [3.8, 4) is 0 Å². The van der Waals surface area contributed by atoms with Crippen molar-refractivity contribution in [1.82, 2.24) is 14.5 Å². The molecule has 0 bridgehead atoms. The summed E-state index contributed by atoms with van der Waals surface area (Å²) in [6.07, 6.45) is 1.86. The van der Waals surface area contributed by atoms with Crippen molar-refractivity contribution in [3.05, 3.63) is 126 Å². The van der Waals surface area contributed by atoms with Crippen LogP contribution in [0.2, 0.25) is 0 Å². The van der Waals surface area contributed by atoms with Crippen molar-refractivity contribution in [3.63, 3.8) is 0 Å². The second-order valence-corrected chi connectivity index (χ2v) is 10.7. The Kier molecular flexibility index (Phi) is 5.17. The van der Waals surface area contributed by atoms with Gasteiger partial charge in [0, 0.05) is 29.7 Å². The standard InChI is InChI=1S/C27H22BrN5O2S/c1-31-25(35)32(2)27(20-11-7-4-8-12-20)26(31,19-9-5-3-6-10-19)29-24-33(30-27)23(34)22(36-24)17-18-13-15-21(28)16-14-18/h3-17,30H,1-2H3/b22-17-/t26-,27-/m0/s1. The number of halogens is 1. The van der Waals surface area contributed by atoms with Crippen LogP contribution in [-0.4, -0.2) is 34.6 Å². The molecule has 7 nitrogen and oxygen atoms in total. The molecule has 2 aliphatic heterocycles. The minimum atomic E-state index is -1.17. The molecule has 6 rings (SSSR count). The number of amides is 2. The molecule has 36 heavy (non-hydrogen) atoms. The van der Waals surface area contributed by atoms with Gasteiger partial charge in [0.25, 0.3) is 5.56 Å². The molecule has 1 fully saturated rings. The third kappa shape index (κ3) is 2.99. The van der Waals surface area contributed by atoms with Crippen molar-refractivity contribution < 1.29 is 4.79 Å². The molecule has 1 saturated heterocycles. The van der Waals surface area contributed by atoms with Crippen molar-refractivity contribution in [1.29, 1.82) is 0 Å². The molecule has 3 heterocycles. The molecule has 0 saturated carbocycles. The van der Waals surface area contributed by atoms with Crippen LogP contribution in [0.1, 0.15) is 16.7 Å². The molecule has 2 aliphatic rings. The summed E-state index contributed by atoms with van der Waals surface area (Å²) in [6.45, 7) is 0. The van der Waals surface area contributed by atoms with E-state index >= 15 is 0 Å². The van der Waals surface area contributed by atoms with Gasteiger partial charge >= 0.3 is 6.03 Å². The summed E-state index contributed by atoms with van der Waals surface area (Å²) in [7, 11) is 3.51. The first-order valence-electron chi connectivity index (χ1n) is 11.4. The lowest BCUT2D eigenvalue weighted by atomic mass is 9.80. The first kappa shape index (κ1) is 22.8. The number of urea groups is 1. The number of thiazole rings is 1. The Balaban J connectivity index is 1.70. The Bertz CT molecular complexity index is 1650. The maximum Gasteiger partial charge on any atom is 0.324 e. The molecule has 0 radical (unpaired) electrons. The van der Waals surface area contributed by atoms with Gasteiger partial charge in [0.15, 0.2) is 0 Å². The van der Waals surface area contributed by atoms with Crippen LogP contribution in [-0.2, 0) is 11.3 Å². The van der Waals surface area contributed by atoms with Crippen LogP contribution in [0, 0.1) is 0 Å². The molecule has 1 aromatic heterocycles. The van der Waals surface area contributed by atoms with E-state index in [9.17, 15) is 9.59 Å². The molecule has 2 amide bonds. The van der Waals surface area contributed by atoms with Crippen molar-refractivity contribution in [2.45, 2.75) is 11.3 Å². The lowest BCUT2D eigenvalue weighted by Crippen LogP contribution is -2.67. The molecule has 9 heteroatoms. The number of fused-ring (bicyclic) bond motifs is 2. The molecular weight excluding hydrogens is 538 g/mol. The van der Waals surface area contributed by atoms with E-state index in [1.54, 1.807) is 23.9 Å². The fourth-order valence-corrected chi connectivity index (χ4v) is 6.46. The summed E-state index contributed by atoms with van der Waals surface area (Å²) in [6, 6.07) is 27.0. The van der Waals surface area contributed by atoms with Crippen molar-refractivity contribution in [2.24, 2.45) is 4.99 Å². The zero-order valence-corrected chi connectivity index (χ0v) is 22.0. The zero-order chi connectivity index (χ0) is 25.1. The maximum atomic E-state index is 13.7. The largest absolute Gasteiger partial charge is 0.324 e. The van der Waals surface area contributed by atoms with Gasteiger partial charge in [-0.2, -0.15) is 4.68 Å². The summed E-state index contributed by atoms with van der Waals surface area (Å²) >= 11 is 4.75. The van der Waals surface area contributed by atoms with E-state index in [1.165, 1.54) is 16.0 Å². The van der Waals surface area contributed by atoms with Crippen LogP contribution in [0.4, 0.5) is 4.79 Å². The SMILES string of the molecule is CN1C(=O)N(C)[C@]2(c3ccccc3)Nn3c(s/c(=C\c4ccc(Br)cc4)c3=O)=N[C@@]12c1ccccc1. The minimum Gasteiger partial charge on any atom is -0.295 e. The summed E-state index contributed by atoms with van der Waals surface area (Å²) in [5.41, 5.74) is 3.50. The number of nitrogens with zero attached hydrogens (tertiary/aromatic N) is 4. The number of nitrogens with one attached hydrogen (secondary N) is 1. The van der Waals surface area contributed by atoms with Gasteiger partial charge in [0.05, 0.1) is 4.53 Å². The summed E-state index contributed by atoms with van der Waals surface area (Å²) < 4.78 is 3.00. The van der Waals surface area contributed by atoms with Gasteiger partial charge in [0.1, 0.15) is 0 Å². The van der Waals surface area contributed by atoms with Crippen LogP contribution < -0.4 is 20.3 Å². The van der Waals surface area contributed by atoms with Crippen LogP contribution in [0.25, 0.3) is 6.08 Å².